The summed E-state index contributed by atoms with van der Waals surface area (Å²) in [6, 6.07) is 3.79. The number of fused-ring (bicyclic) bond motifs is 1. The van der Waals surface area contributed by atoms with Crippen molar-refractivity contribution >= 4 is 27.0 Å². The molecular formula is C9H4BrF3N2O. The van der Waals surface area contributed by atoms with Gasteiger partial charge in [0.2, 0.25) is 0 Å². The molecule has 0 aliphatic rings. The van der Waals surface area contributed by atoms with Crippen LogP contribution in [0, 0.1) is 0 Å². The first-order valence-electron chi connectivity index (χ1n) is 4.12. The number of hydrogen-bond acceptors (Lipinski definition) is 3. The van der Waals surface area contributed by atoms with Gasteiger partial charge in [0.25, 0.3) is 0 Å². The molecule has 1 heterocycles. The third-order valence-corrected chi connectivity index (χ3v) is 2.10. The second-order valence-electron chi connectivity index (χ2n) is 2.89. The molecule has 0 bridgehead atoms. The minimum Gasteiger partial charge on any atom is -0.406 e. The van der Waals surface area contributed by atoms with Gasteiger partial charge in [-0.05, 0) is 28.1 Å². The van der Waals surface area contributed by atoms with E-state index in [9.17, 15) is 13.2 Å². The predicted molar refractivity (Wildman–Crippen MR) is 53.9 cm³/mol. The molecule has 1 aromatic carbocycles. The van der Waals surface area contributed by atoms with Crippen molar-refractivity contribution in [2.75, 3.05) is 0 Å². The van der Waals surface area contributed by atoms with E-state index in [2.05, 4.69) is 30.6 Å². The SMILES string of the molecule is FC(F)(F)Oc1ccc2nc(Br)cnc2c1. The van der Waals surface area contributed by atoms with E-state index in [0.717, 1.165) is 0 Å². The maximum Gasteiger partial charge on any atom is 0.573 e. The molecule has 0 unspecified atom stereocenters. The van der Waals surface area contributed by atoms with Gasteiger partial charge in [-0.2, -0.15) is 0 Å². The number of nitrogens with zero attached hydrogens (tertiary/aromatic N) is 2. The van der Waals surface area contributed by atoms with Gasteiger partial charge in [0.1, 0.15) is 10.4 Å². The molecular weight excluding hydrogens is 289 g/mol. The highest BCUT2D eigenvalue weighted by Gasteiger charge is 2.31. The average molecular weight is 293 g/mol. The topological polar surface area (TPSA) is 35.0 Å². The van der Waals surface area contributed by atoms with Gasteiger partial charge in [-0.25, -0.2) is 4.98 Å². The fourth-order valence-corrected chi connectivity index (χ4v) is 1.46. The van der Waals surface area contributed by atoms with Crippen LogP contribution >= 0.6 is 15.9 Å². The lowest BCUT2D eigenvalue weighted by molar-refractivity contribution is -0.274. The van der Waals surface area contributed by atoms with Crippen LogP contribution in [0.2, 0.25) is 0 Å². The van der Waals surface area contributed by atoms with E-state index in [1.165, 1.54) is 24.4 Å². The first-order valence-corrected chi connectivity index (χ1v) is 4.91. The average Bonchev–Trinajstić information content (AvgIpc) is 2.16. The van der Waals surface area contributed by atoms with Crippen molar-refractivity contribution < 1.29 is 17.9 Å². The molecule has 0 saturated carbocycles. The molecule has 0 amide bonds. The second kappa shape index (κ2) is 3.89. The minimum atomic E-state index is -4.70. The predicted octanol–water partition coefficient (Wildman–Crippen LogP) is 3.29. The van der Waals surface area contributed by atoms with Crippen LogP contribution in [0.1, 0.15) is 0 Å². The summed E-state index contributed by atoms with van der Waals surface area (Å²) >= 11 is 3.11. The summed E-state index contributed by atoms with van der Waals surface area (Å²) in [5.74, 6) is -0.309. The van der Waals surface area contributed by atoms with E-state index in [-0.39, 0.29) is 5.75 Å². The minimum absolute atomic E-state index is 0.309. The Morgan fingerprint density at radius 2 is 1.94 bits per heavy atom. The molecule has 0 radical (unpaired) electrons. The summed E-state index contributed by atoms with van der Waals surface area (Å²) in [5, 5.41) is 0. The third kappa shape index (κ3) is 2.60. The molecule has 0 aliphatic heterocycles. The Hall–Kier alpha value is -1.37. The van der Waals surface area contributed by atoms with Crippen molar-refractivity contribution in [3.63, 3.8) is 0 Å². The largest absolute Gasteiger partial charge is 0.573 e. The standard InChI is InChI=1S/C9H4BrF3N2O/c10-8-4-14-7-3-5(16-9(11,12)13)1-2-6(7)15-8/h1-4H. The van der Waals surface area contributed by atoms with Gasteiger partial charge in [0, 0.05) is 6.07 Å². The van der Waals surface area contributed by atoms with Gasteiger partial charge in [-0.1, -0.05) is 0 Å². The summed E-state index contributed by atoms with van der Waals surface area (Å²) in [5.41, 5.74) is 0.828. The van der Waals surface area contributed by atoms with Crippen LogP contribution in [0.4, 0.5) is 13.2 Å². The zero-order valence-corrected chi connectivity index (χ0v) is 9.21. The number of aromatic nitrogens is 2. The molecule has 0 fully saturated rings. The summed E-state index contributed by atoms with van der Waals surface area (Å²) in [7, 11) is 0. The monoisotopic (exact) mass is 292 g/mol. The molecule has 3 nitrogen and oxygen atoms in total. The smallest absolute Gasteiger partial charge is 0.406 e. The molecule has 84 valence electrons. The van der Waals surface area contributed by atoms with E-state index in [1.54, 1.807) is 0 Å². The summed E-state index contributed by atoms with van der Waals surface area (Å²) in [4.78, 5) is 7.95. The summed E-state index contributed by atoms with van der Waals surface area (Å²) in [6.45, 7) is 0. The lowest BCUT2D eigenvalue weighted by Crippen LogP contribution is -2.17. The molecule has 0 atom stereocenters. The Morgan fingerprint density at radius 3 is 2.62 bits per heavy atom. The van der Waals surface area contributed by atoms with Crippen LogP contribution in [0.15, 0.2) is 29.0 Å². The Kier molecular flexibility index (Phi) is 2.71. The highest BCUT2D eigenvalue weighted by Crippen LogP contribution is 2.25. The third-order valence-electron chi connectivity index (χ3n) is 1.72. The van der Waals surface area contributed by atoms with E-state index < -0.39 is 6.36 Å². The number of rotatable bonds is 1. The van der Waals surface area contributed by atoms with Crippen molar-refractivity contribution in [1.82, 2.24) is 9.97 Å². The van der Waals surface area contributed by atoms with Crippen LogP contribution in [-0.4, -0.2) is 16.3 Å². The molecule has 1 aromatic heterocycles. The number of halogens is 4. The van der Waals surface area contributed by atoms with Gasteiger partial charge >= 0.3 is 6.36 Å². The number of hydrogen-bond donors (Lipinski definition) is 0. The molecule has 7 heteroatoms. The highest BCUT2D eigenvalue weighted by molar-refractivity contribution is 9.10. The van der Waals surface area contributed by atoms with E-state index in [1.807, 2.05) is 0 Å². The van der Waals surface area contributed by atoms with Crippen molar-refractivity contribution in [3.8, 4) is 5.75 Å². The molecule has 2 rings (SSSR count). The second-order valence-corrected chi connectivity index (χ2v) is 3.70. The highest BCUT2D eigenvalue weighted by atomic mass is 79.9. The normalized spacial score (nSPS) is 11.8. The Bertz CT molecular complexity index is 530. The quantitative estimate of drug-likeness (QED) is 0.809. The van der Waals surface area contributed by atoms with Crippen molar-refractivity contribution in [1.29, 1.82) is 0 Å². The van der Waals surface area contributed by atoms with Crippen LogP contribution in [-0.2, 0) is 0 Å². The first-order chi connectivity index (χ1) is 7.44. The van der Waals surface area contributed by atoms with Crippen LogP contribution in [0.3, 0.4) is 0 Å². The summed E-state index contributed by atoms with van der Waals surface area (Å²) in [6.07, 6.45) is -3.30. The van der Waals surface area contributed by atoms with E-state index in [0.29, 0.717) is 15.6 Å². The first kappa shape index (κ1) is 11.1. The zero-order chi connectivity index (χ0) is 11.8. The van der Waals surface area contributed by atoms with Gasteiger partial charge in [0.05, 0.1) is 17.2 Å². The molecule has 2 aromatic rings. The molecule has 0 N–H and O–H groups in total. The number of alkyl halides is 3. The molecule has 0 saturated heterocycles. The van der Waals surface area contributed by atoms with Gasteiger partial charge in [0.15, 0.2) is 0 Å². The Labute approximate surface area is 96.4 Å². The lowest BCUT2D eigenvalue weighted by Gasteiger charge is -2.08. The fourth-order valence-electron chi connectivity index (χ4n) is 1.17. The Morgan fingerprint density at radius 1 is 1.19 bits per heavy atom. The lowest BCUT2D eigenvalue weighted by atomic mass is 10.3. The van der Waals surface area contributed by atoms with E-state index >= 15 is 0 Å². The maximum atomic E-state index is 11.9. The number of benzene rings is 1. The fraction of sp³-hybridized carbons (Fsp3) is 0.111. The zero-order valence-electron chi connectivity index (χ0n) is 7.62. The molecule has 0 aliphatic carbocycles. The van der Waals surface area contributed by atoms with Crippen LogP contribution in [0.25, 0.3) is 11.0 Å². The van der Waals surface area contributed by atoms with E-state index in [4.69, 9.17) is 0 Å². The molecule has 16 heavy (non-hydrogen) atoms. The van der Waals surface area contributed by atoms with Crippen molar-refractivity contribution in [2.24, 2.45) is 0 Å². The van der Waals surface area contributed by atoms with Gasteiger partial charge in [-0.3, -0.25) is 4.98 Å². The number of ether oxygens (including phenoxy) is 1. The van der Waals surface area contributed by atoms with Crippen molar-refractivity contribution in [3.05, 3.63) is 29.0 Å². The van der Waals surface area contributed by atoms with Crippen molar-refractivity contribution in [2.45, 2.75) is 6.36 Å². The Balaban J connectivity index is 2.41. The maximum absolute atomic E-state index is 11.9. The molecule has 0 spiro atoms. The van der Waals surface area contributed by atoms with Gasteiger partial charge in [-0.15, -0.1) is 13.2 Å². The summed E-state index contributed by atoms with van der Waals surface area (Å²) < 4.78 is 40.1. The van der Waals surface area contributed by atoms with Crippen LogP contribution < -0.4 is 4.74 Å². The van der Waals surface area contributed by atoms with Gasteiger partial charge < -0.3 is 4.74 Å². The van der Waals surface area contributed by atoms with Crippen LogP contribution in [0.5, 0.6) is 5.75 Å².